The Morgan fingerprint density at radius 3 is 2.60 bits per heavy atom. The second-order valence-corrected chi connectivity index (χ2v) is 5.30. The highest BCUT2D eigenvalue weighted by atomic mass is 16.5. The van der Waals surface area contributed by atoms with Crippen LogP contribution in [0.4, 0.5) is 0 Å². The molecule has 0 radical (unpaired) electrons. The van der Waals surface area contributed by atoms with Crippen LogP contribution in [-0.4, -0.2) is 23.3 Å². The van der Waals surface area contributed by atoms with Crippen LogP contribution in [0.3, 0.4) is 0 Å². The fraction of sp³-hybridized carbons (Fsp3) is 0.294. The second-order valence-electron chi connectivity index (χ2n) is 5.30. The Morgan fingerprint density at radius 1 is 1.20 bits per heavy atom. The maximum Gasteiger partial charge on any atom is 0.178 e. The molecule has 1 aromatic rings. The monoisotopic (exact) mass is 268 g/mol. The number of rotatable bonds is 3. The normalized spacial score (nSPS) is 23.4. The number of hydrogen-bond acceptors (Lipinski definition) is 3. The minimum absolute atomic E-state index is 0.0111. The van der Waals surface area contributed by atoms with E-state index in [9.17, 15) is 9.59 Å². The molecule has 0 amide bonds. The van der Waals surface area contributed by atoms with Crippen molar-refractivity contribution in [2.24, 2.45) is 0 Å². The third kappa shape index (κ3) is 2.63. The molecule has 3 rings (SSSR count). The zero-order valence-corrected chi connectivity index (χ0v) is 11.1. The lowest BCUT2D eigenvalue weighted by atomic mass is 9.94. The Hall–Kier alpha value is -2.00. The third-order valence-electron chi connectivity index (χ3n) is 3.81. The van der Waals surface area contributed by atoms with Crippen LogP contribution in [0.1, 0.15) is 29.6 Å². The first kappa shape index (κ1) is 13.0. The van der Waals surface area contributed by atoms with Crippen molar-refractivity contribution < 1.29 is 14.3 Å². The fourth-order valence-electron chi connectivity index (χ4n) is 2.71. The van der Waals surface area contributed by atoms with E-state index in [0.717, 1.165) is 18.4 Å². The summed E-state index contributed by atoms with van der Waals surface area (Å²) in [5.41, 5.74) is 0.247. The van der Waals surface area contributed by atoms with Crippen LogP contribution in [-0.2, 0) is 9.53 Å². The summed E-state index contributed by atoms with van der Waals surface area (Å²) in [5, 5.41) is 0. The number of ether oxygens (including phenoxy) is 1. The average Bonchev–Trinajstić information content (AvgIpc) is 2.86. The van der Waals surface area contributed by atoms with Gasteiger partial charge in [-0.1, -0.05) is 30.3 Å². The quantitative estimate of drug-likeness (QED) is 0.792. The van der Waals surface area contributed by atoms with Gasteiger partial charge in [0.15, 0.2) is 11.6 Å². The van der Waals surface area contributed by atoms with Crippen LogP contribution >= 0.6 is 0 Å². The van der Waals surface area contributed by atoms with Crippen molar-refractivity contribution in [2.75, 3.05) is 0 Å². The van der Waals surface area contributed by atoms with Crippen LogP contribution in [0.25, 0.3) is 0 Å². The SMILES string of the molecule is O=C1C=CC2(C=C1)CC[C@@H](CC(=O)c1ccccc1)O2. The van der Waals surface area contributed by atoms with Crippen LogP contribution in [0, 0.1) is 0 Å². The summed E-state index contributed by atoms with van der Waals surface area (Å²) >= 11 is 0. The molecule has 0 aromatic heterocycles. The van der Waals surface area contributed by atoms with Gasteiger partial charge in [0.1, 0.15) is 5.60 Å². The second kappa shape index (κ2) is 5.17. The molecule has 3 heteroatoms. The van der Waals surface area contributed by atoms with Gasteiger partial charge >= 0.3 is 0 Å². The Balaban J connectivity index is 1.64. The van der Waals surface area contributed by atoms with Gasteiger partial charge < -0.3 is 4.74 Å². The largest absolute Gasteiger partial charge is 0.363 e. The van der Waals surface area contributed by atoms with Crippen molar-refractivity contribution in [1.29, 1.82) is 0 Å². The molecule has 20 heavy (non-hydrogen) atoms. The molecular weight excluding hydrogens is 252 g/mol. The van der Waals surface area contributed by atoms with Crippen LogP contribution in [0.15, 0.2) is 54.6 Å². The summed E-state index contributed by atoms with van der Waals surface area (Å²) in [7, 11) is 0. The lowest BCUT2D eigenvalue weighted by molar-refractivity contribution is -0.110. The van der Waals surface area contributed by atoms with Gasteiger partial charge in [0, 0.05) is 12.0 Å². The summed E-state index contributed by atoms with van der Waals surface area (Å²) < 4.78 is 5.98. The zero-order chi connectivity index (χ0) is 14.0. The van der Waals surface area contributed by atoms with E-state index in [4.69, 9.17) is 4.74 Å². The molecule has 1 aliphatic carbocycles. The van der Waals surface area contributed by atoms with E-state index in [1.54, 1.807) is 12.2 Å². The number of hydrogen-bond donors (Lipinski definition) is 0. The van der Waals surface area contributed by atoms with Gasteiger partial charge in [-0.25, -0.2) is 0 Å². The van der Waals surface area contributed by atoms with E-state index in [0.29, 0.717) is 6.42 Å². The first-order valence-electron chi connectivity index (χ1n) is 6.85. The van der Waals surface area contributed by atoms with Gasteiger partial charge in [-0.3, -0.25) is 9.59 Å². The number of benzene rings is 1. The highest BCUT2D eigenvalue weighted by Gasteiger charge is 2.38. The number of allylic oxidation sites excluding steroid dienone is 2. The van der Waals surface area contributed by atoms with E-state index in [1.807, 2.05) is 42.5 Å². The summed E-state index contributed by atoms with van der Waals surface area (Å²) in [6.45, 7) is 0. The van der Waals surface area contributed by atoms with Crippen molar-refractivity contribution in [3.8, 4) is 0 Å². The molecule has 1 aliphatic heterocycles. The highest BCUT2D eigenvalue weighted by molar-refractivity contribution is 6.00. The molecule has 1 saturated heterocycles. The first-order chi connectivity index (χ1) is 9.67. The van der Waals surface area contributed by atoms with Crippen molar-refractivity contribution in [2.45, 2.75) is 31.0 Å². The molecule has 0 N–H and O–H groups in total. The minimum atomic E-state index is -0.477. The molecule has 3 nitrogen and oxygen atoms in total. The molecule has 1 fully saturated rings. The van der Waals surface area contributed by atoms with E-state index in [1.165, 1.54) is 0 Å². The summed E-state index contributed by atoms with van der Waals surface area (Å²) in [4.78, 5) is 23.3. The first-order valence-corrected chi connectivity index (χ1v) is 6.85. The minimum Gasteiger partial charge on any atom is -0.363 e. The van der Waals surface area contributed by atoms with Gasteiger partial charge in [-0.2, -0.15) is 0 Å². The molecule has 1 atom stereocenters. The van der Waals surface area contributed by atoms with Gasteiger partial charge in [-0.05, 0) is 37.1 Å². The predicted octanol–water partition coefficient (Wildman–Crippen LogP) is 2.87. The molecule has 2 aliphatic rings. The summed E-state index contributed by atoms with van der Waals surface area (Å²) in [6.07, 6.45) is 8.67. The highest BCUT2D eigenvalue weighted by Crippen LogP contribution is 2.36. The Labute approximate surface area is 117 Å². The molecule has 1 spiro atoms. The van der Waals surface area contributed by atoms with Crippen LogP contribution < -0.4 is 0 Å². The molecule has 102 valence electrons. The molecular formula is C17H16O3. The predicted molar refractivity (Wildman–Crippen MR) is 75.5 cm³/mol. The van der Waals surface area contributed by atoms with Crippen molar-refractivity contribution in [1.82, 2.24) is 0 Å². The van der Waals surface area contributed by atoms with Crippen molar-refractivity contribution >= 4 is 11.6 Å². The smallest absolute Gasteiger partial charge is 0.178 e. The lowest BCUT2D eigenvalue weighted by Gasteiger charge is -2.23. The fourth-order valence-corrected chi connectivity index (χ4v) is 2.71. The van der Waals surface area contributed by atoms with E-state index >= 15 is 0 Å². The third-order valence-corrected chi connectivity index (χ3v) is 3.81. The van der Waals surface area contributed by atoms with Crippen LogP contribution in [0.5, 0.6) is 0 Å². The molecule has 0 saturated carbocycles. The lowest BCUT2D eigenvalue weighted by Crippen LogP contribution is -2.27. The van der Waals surface area contributed by atoms with Gasteiger partial charge in [0.25, 0.3) is 0 Å². The van der Waals surface area contributed by atoms with Gasteiger partial charge in [0.05, 0.1) is 6.10 Å². The van der Waals surface area contributed by atoms with E-state index in [2.05, 4.69) is 0 Å². The standard InChI is InChI=1S/C17H16O3/c18-14-6-9-17(10-7-14)11-8-15(20-17)12-16(19)13-4-2-1-3-5-13/h1-7,9-10,15H,8,11-12H2/t15-/m0/s1. The number of carbonyl (C=O) groups is 2. The molecule has 0 unspecified atom stereocenters. The topological polar surface area (TPSA) is 43.4 Å². The zero-order valence-electron chi connectivity index (χ0n) is 11.1. The molecule has 1 heterocycles. The molecule has 0 bridgehead atoms. The van der Waals surface area contributed by atoms with Gasteiger partial charge in [0.2, 0.25) is 0 Å². The Morgan fingerprint density at radius 2 is 1.90 bits per heavy atom. The average molecular weight is 268 g/mol. The Bertz CT molecular complexity index is 568. The number of Topliss-reactive ketones (excluding diaryl/α,β-unsaturated/α-hetero) is 1. The van der Waals surface area contributed by atoms with Crippen LogP contribution in [0.2, 0.25) is 0 Å². The molecule has 1 aromatic carbocycles. The number of carbonyl (C=O) groups excluding carboxylic acids is 2. The van der Waals surface area contributed by atoms with Crippen molar-refractivity contribution in [3.63, 3.8) is 0 Å². The maximum absolute atomic E-state index is 12.2. The summed E-state index contributed by atoms with van der Waals surface area (Å²) in [6, 6.07) is 9.27. The van der Waals surface area contributed by atoms with E-state index in [-0.39, 0.29) is 17.7 Å². The van der Waals surface area contributed by atoms with Crippen molar-refractivity contribution in [3.05, 3.63) is 60.2 Å². The Kier molecular flexibility index (Phi) is 3.36. The summed E-state index contributed by atoms with van der Waals surface area (Å²) in [5.74, 6) is 0.0931. The van der Waals surface area contributed by atoms with E-state index < -0.39 is 5.60 Å². The van der Waals surface area contributed by atoms with Gasteiger partial charge in [-0.15, -0.1) is 0 Å². The number of ketones is 2. The maximum atomic E-state index is 12.2.